The Bertz CT molecular complexity index is 993. The number of hydrogen-bond donors (Lipinski definition) is 1. The number of likely N-dealkylation sites (tertiary alicyclic amines) is 1. The molecule has 0 bridgehead atoms. The van der Waals surface area contributed by atoms with Gasteiger partial charge in [-0.3, -0.25) is 9.89 Å². The molecule has 1 aromatic heterocycles. The molecule has 1 amide bonds. The number of fused-ring (bicyclic) bond motifs is 1. The van der Waals surface area contributed by atoms with Gasteiger partial charge in [-0.2, -0.15) is 5.10 Å². The Labute approximate surface area is 170 Å². The van der Waals surface area contributed by atoms with Crippen molar-refractivity contribution in [1.29, 1.82) is 0 Å². The van der Waals surface area contributed by atoms with Gasteiger partial charge in [-0.1, -0.05) is 44.5 Å². The quantitative estimate of drug-likeness (QED) is 0.625. The summed E-state index contributed by atoms with van der Waals surface area (Å²) in [7, 11) is 0. The van der Waals surface area contributed by atoms with Gasteiger partial charge in [0.2, 0.25) is 0 Å². The van der Waals surface area contributed by atoms with Gasteiger partial charge >= 0.3 is 0 Å². The third kappa shape index (κ3) is 3.53. The molecule has 1 aliphatic heterocycles. The second-order valence-corrected chi connectivity index (χ2v) is 8.66. The molecule has 1 unspecified atom stereocenters. The van der Waals surface area contributed by atoms with E-state index < -0.39 is 0 Å². The van der Waals surface area contributed by atoms with E-state index >= 15 is 0 Å². The summed E-state index contributed by atoms with van der Waals surface area (Å²) >= 11 is 6.01. The average Bonchev–Trinajstić information content (AvgIpc) is 3.02. The summed E-state index contributed by atoms with van der Waals surface area (Å²) in [6.07, 6.45) is 1.95. The lowest BCUT2D eigenvalue weighted by molar-refractivity contribution is 0.0410. The van der Waals surface area contributed by atoms with Crippen LogP contribution in [0.1, 0.15) is 54.7 Å². The summed E-state index contributed by atoms with van der Waals surface area (Å²) < 4.78 is 0. The molecule has 146 valence electrons. The van der Waals surface area contributed by atoms with Crippen LogP contribution in [-0.4, -0.2) is 33.6 Å². The van der Waals surface area contributed by atoms with Crippen molar-refractivity contribution in [2.45, 2.75) is 45.6 Å². The van der Waals surface area contributed by atoms with Crippen LogP contribution in [0.25, 0.3) is 10.9 Å². The molecule has 0 aliphatic carbocycles. The van der Waals surface area contributed by atoms with Gasteiger partial charge in [-0.25, -0.2) is 0 Å². The van der Waals surface area contributed by atoms with Crippen LogP contribution in [0.15, 0.2) is 42.5 Å². The minimum absolute atomic E-state index is 0.107. The number of carbonyl (C=O) groups is 1. The van der Waals surface area contributed by atoms with Crippen LogP contribution in [0.5, 0.6) is 0 Å². The van der Waals surface area contributed by atoms with E-state index in [1.807, 2.05) is 35.2 Å². The zero-order valence-corrected chi connectivity index (χ0v) is 17.3. The summed E-state index contributed by atoms with van der Waals surface area (Å²) in [4.78, 5) is 15.2. The van der Waals surface area contributed by atoms with E-state index in [0.717, 1.165) is 46.6 Å². The van der Waals surface area contributed by atoms with Crippen molar-refractivity contribution in [2.24, 2.45) is 5.92 Å². The van der Waals surface area contributed by atoms with Crippen molar-refractivity contribution >= 4 is 28.4 Å². The Morgan fingerprint density at radius 2 is 1.96 bits per heavy atom. The predicted octanol–water partition coefficient (Wildman–Crippen LogP) is 5.43. The molecule has 4 nitrogen and oxygen atoms in total. The molecule has 2 heterocycles. The van der Waals surface area contributed by atoms with Crippen molar-refractivity contribution in [1.82, 2.24) is 15.1 Å². The third-order valence-electron chi connectivity index (χ3n) is 5.79. The van der Waals surface area contributed by atoms with Gasteiger partial charge in [0.25, 0.3) is 5.91 Å². The lowest BCUT2D eigenvalue weighted by Gasteiger charge is -2.44. The minimum atomic E-state index is 0.107. The number of H-pyrrole nitrogens is 1. The molecule has 1 aliphatic rings. The number of carbonyl (C=O) groups excluding carboxylic acids is 1. The maximum Gasteiger partial charge on any atom is 0.254 e. The first-order chi connectivity index (χ1) is 13.4. The van der Waals surface area contributed by atoms with E-state index in [1.165, 1.54) is 5.56 Å². The Morgan fingerprint density at radius 3 is 2.61 bits per heavy atom. The number of amides is 1. The molecule has 4 rings (SSSR count). The highest BCUT2D eigenvalue weighted by Crippen LogP contribution is 2.34. The van der Waals surface area contributed by atoms with E-state index in [2.05, 4.69) is 43.1 Å². The van der Waals surface area contributed by atoms with Crippen LogP contribution in [0, 0.1) is 5.92 Å². The highest BCUT2D eigenvalue weighted by Gasteiger charge is 2.37. The van der Waals surface area contributed by atoms with Gasteiger partial charge in [0, 0.05) is 40.2 Å². The minimum Gasteiger partial charge on any atom is -0.335 e. The van der Waals surface area contributed by atoms with Gasteiger partial charge in [0.1, 0.15) is 0 Å². The van der Waals surface area contributed by atoms with Crippen molar-refractivity contribution in [3.05, 3.63) is 64.3 Å². The Hall–Kier alpha value is -2.33. The number of nitrogens with zero attached hydrogens (tertiary/aromatic N) is 2. The number of rotatable bonds is 5. The van der Waals surface area contributed by atoms with E-state index in [9.17, 15) is 4.79 Å². The molecule has 1 saturated heterocycles. The molecule has 2 atom stereocenters. The molecule has 3 aromatic rings. The zero-order chi connectivity index (χ0) is 19.8. The fourth-order valence-corrected chi connectivity index (χ4v) is 4.22. The van der Waals surface area contributed by atoms with Crippen LogP contribution >= 0.6 is 11.6 Å². The summed E-state index contributed by atoms with van der Waals surface area (Å²) in [6.45, 7) is 7.37. The molecule has 0 radical (unpaired) electrons. The monoisotopic (exact) mass is 395 g/mol. The lowest BCUT2D eigenvalue weighted by atomic mass is 9.85. The van der Waals surface area contributed by atoms with Crippen LogP contribution < -0.4 is 0 Å². The number of aromatic nitrogens is 2. The molecular formula is C23H26ClN3O. The smallest absolute Gasteiger partial charge is 0.254 e. The second kappa shape index (κ2) is 7.59. The van der Waals surface area contributed by atoms with Crippen molar-refractivity contribution < 1.29 is 4.79 Å². The fourth-order valence-electron chi connectivity index (χ4n) is 4.09. The number of hydrogen-bond acceptors (Lipinski definition) is 2. The maximum absolute atomic E-state index is 13.2. The first-order valence-electron chi connectivity index (χ1n) is 9.97. The van der Waals surface area contributed by atoms with Crippen LogP contribution in [-0.2, 0) is 6.42 Å². The van der Waals surface area contributed by atoms with Crippen LogP contribution in [0.4, 0.5) is 0 Å². The molecule has 5 heteroatoms. The fraction of sp³-hybridized carbons (Fsp3) is 0.391. The molecular weight excluding hydrogens is 370 g/mol. The van der Waals surface area contributed by atoms with Crippen molar-refractivity contribution in [2.75, 3.05) is 6.54 Å². The number of nitrogens with one attached hydrogen (secondary N) is 1. The maximum atomic E-state index is 13.2. The largest absolute Gasteiger partial charge is 0.335 e. The summed E-state index contributed by atoms with van der Waals surface area (Å²) in [6, 6.07) is 14.0. The molecule has 0 spiro atoms. The normalized spacial score (nSPS) is 17.8. The van der Waals surface area contributed by atoms with Crippen LogP contribution in [0.2, 0.25) is 5.02 Å². The van der Waals surface area contributed by atoms with Gasteiger partial charge in [-0.15, -0.1) is 0 Å². The number of halogens is 1. The van der Waals surface area contributed by atoms with Gasteiger partial charge in [0.15, 0.2) is 0 Å². The molecule has 1 N–H and O–H groups in total. The van der Waals surface area contributed by atoms with Gasteiger partial charge in [0.05, 0.1) is 5.52 Å². The second-order valence-electron chi connectivity index (χ2n) is 8.23. The first-order valence-corrected chi connectivity index (χ1v) is 10.3. The number of aromatic amines is 1. The SMILES string of the molecule is CC(C)Cc1[nH]nc2ccc(C(=O)N3CCC3[C@@H](C)c3ccc(Cl)cc3)cc12. The topological polar surface area (TPSA) is 49.0 Å². The number of benzene rings is 2. The van der Waals surface area contributed by atoms with Gasteiger partial charge in [-0.05, 0) is 54.7 Å². The summed E-state index contributed by atoms with van der Waals surface area (Å²) in [5.41, 5.74) is 3.99. The summed E-state index contributed by atoms with van der Waals surface area (Å²) in [5.74, 6) is 0.919. The van der Waals surface area contributed by atoms with Crippen LogP contribution in [0.3, 0.4) is 0 Å². The standard InChI is InChI=1S/C23H26ClN3O/c1-14(2)12-21-19-13-17(6-9-20(19)25-26-21)23(28)27-11-10-22(27)15(3)16-4-7-18(24)8-5-16/h4-9,13-15,22H,10-12H2,1-3H3,(H,25,26)/t15-,22?/m0/s1. The molecule has 0 saturated carbocycles. The van der Waals surface area contributed by atoms with E-state index in [0.29, 0.717) is 5.92 Å². The highest BCUT2D eigenvalue weighted by molar-refractivity contribution is 6.30. The lowest BCUT2D eigenvalue weighted by Crippen LogP contribution is -2.53. The third-order valence-corrected chi connectivity index (χ3v) is 6.04. The van der Waals surface area contributed by atoms with Crippen molar-refractivity contribution in [3.8, 4) is 0 Å². The Morgan fingerprint density at radius 1 is 1.21 bits per heavy atom. The first kappa shape index (κ1) is 19.0. The molecule has 2 aromatic carbocycles. The molecule has 28 heavy (non-hydrogen) atoms. The average molecular weight is 396 g/mol. The van der Waals surface area contributed by atoms with E-state index in [4.69, 9.17) is 11.6 Å². The predicted molar refractivity (Wildman–Crippen MR) is 114 cm³/mol. The molecule has 1 fully saturated rings. The van der Waals surface area contributed by atoms with E-state index in [-0.39, 0.29) is 17.9 Å². The van der Waals surface area contributed by atoms with Gasteiger partial charge < -0.3 is 4.90 Å². The van der Waals surface area contributed by atoms with Crippen molar-refractivity contribution in [3.63, 3.8) is 0 Å². The zero-order valence-electron chi connectivity index (χ0n) is 16.6. The van der Waals surface area contributed by atoms with E-state index in [1.54, 1.807) is 0 Å². The highest BCUT2D eigenvalue weighted by atomic mass is 35.5. The Kier molecular flexibility index (Phi) is 5.15. The Balaban J connectivity index is 1.56. The summed E-state index contributed by atoms with van der Waals surface area (Å²) in [5, 5.41) is 9.31.